The van der Waals surface area contributed by atoms with Crippen LogP contribution in [-0.4, -0.2) is 96.7 Å². The van der Waals surface area contributed by atoms with Crippen molar-refractivity contribution in [2.75, 3.05) is 39.6 Å². The van der Waals surface area contributed by atoms with Crippen molar-refractivity contribution in [1.29, 1.82) is 0 Å². The van der Waals surface area contributed by atoms with Crippen molar-refractivity contribution in [3.05, 3.63) is 109 Å². The molecule has 0 rings (SSSR count). The highest BCUT2D eigenvalue weighted by molar-refractivity contribution is 7.47. The lowest BCUT2D eigenvalue weighted by Crippen LogP contribution is -2.30. The molecule has 0 aromatic heterocycles. The molecule has 0 radical (unpaired) electrons. The number of carbonyl (C=O) groups excluding carboxylic acids is 4. The molecule has 0 saturated heterocycles. The summed E-state index contributed by atoms with van der Waals surface area (Å²) in [5, 5.41) is 10.6. The molecule has 0 fully saturated rings. The van der Waals surface area contributed by atoms with Crippen LogP contribution in [-0.2, 0) is 65.4 Å². The normalized spacial score (nSPS) is 14.6. The minimum Gasteiger partial charge on any atom is -0.462 e. The fraction of sp³-hybridized carbons (Fsp3) is 0.722. The summed E-state index contributed by atoms with van der Waals surface area (Å²) in [4.78, 5) is 72.8. The summed E-state index contributed by atoms with van der Waals surface area (Å²) in [5.74, 6) is -2.22. The number of aliphatic hydroxyl groups excluding tert-OH is 1. The van der Waals surface area contributed by atoms with Gasteiger partial charge in [-0.05, 0) is 122 Å². The lowest BCUT2D eigenvalue weighted by molar-refractivity contribution is -0.161. The summed E-state index contributed by atoms with van der Waals surface area (Å²) in [7, 11) is -9.95. The molecule has 0 spiro atoms. The smallest absolute Gasteiger partial charge is 0.462 e. The van der Waals surface area contributed by atoms with E-state index in [-0.39, 0.29) is 25.7 Å². The number of ether oxygens (including phenoxy) is 4. The Balaban J connectivity index is 5.30. The first kappa shape index (κ1) is 93.7. The van der Waals surface area contributed by atoms with E-state index in [4.69, 9.17) is 37.0 Å². The Hall–Kier alpha value is -4.28. The molecule has 0 saturated carbocycles. The number of esters is 4. The zero-order valence-electron chi connectivity index (χ0n) is 61.4. The van der Waals surface area contributed by atoms with E-state index in [0.717, 1.165) is 180 Å². The van der Waals surface area contributed by atoms with E-state index in [2.05, 4.69) is 137 Å². The third-order valence-electron chi connectivity index (χ3n) is 15.7. The van der Waals surface area contributed by atoms with Gasteiger partial charge in [0, 0.05) is 25.7 Å². The van der Waals surface area contributed by atoms with Crippen LogP contribution in [0.1, 0.15) is 310 Å². The minimum atomic E-state index is -4.98. The summed E-state index contributed by atoms with van der Waals surface area (Å²) >= 11 is 0. The van der Waals surface area contributed by atoms with E-state index < -0.39 is 97.5 Å². The van der Waals surface area contributed by atoms with Crippen molar-refractivity contribution in [1.82, 2.24) is 0 Å². The van der Waals surface area contributed by atoms with Gasteiger partial charge in [-0.25, -0.2) is 9.13 Å². The predicted octanol–water partition coefficient (Wildman–Crippen LogP) is 21.8. The number of hydrogen-bond donors (Lipinski definition) is 3. The summed E-state index contributed by atoms with van der Waals surface area (Å²) in [6.45, 7) is 4.56. The van der Waals surface area contributed by atoms with Crippen molar-refractivity contribution in [2.24, 2.45) is 0 Å². The molecule has 564 valence electrons. The molecule has 5 atom stereocenters. The number of rotatable bonds is 71. The molecule has 0 aromatic rings. The van der Waals surface area contributed by atoms with Crippen molar-refractivity contribution in [2.45, 2.75) is 329 Å². The molecule has 5 unspecified atom stereocenters. The number of phosphoric ester groups is 2. The number of aliphatic hydroxyl groups is 1. The summed E-state index contributed by atoms with van der Waals surface area (Å²) in [6, 6.07) is 0. The van der Waals surface area contributed by atoms with Crippen LogP contribution in [0.15, 0.2) is 109 Å². The van der Waals surface area contributed by atoms with E-state index in [9.17, 15) is 43.2 Å². The molecule has 0 amide bonds. The van der Waals surface area contributed by atoms with Crippen LogP contribution in [0.3, 0.4) is 0 Å². The molecule has 0 heterocycles. The van der Waals surface area contributed by atoms with Crippen LogP contribution in [0.4, 0.5) is 0 Å². The van der Waals surface area contributed by atoms with Gasteiger partial charge >= 0.3 is 39.5 Å². The first-order valence-electron chi connectivity index (χ1n) is 38.1. The summed E-state index contributed by atoms with van der Waals surface area (Å²) in [6.07, 6.45) is 75.1. The van der Waals surface area contributed by atoms with E-state index in [1.807, 2.05) is 0 Å². The standard InChI is InChI=1S/C79H136O17P2/c1-5-9-13-17-21-25-29-31-33-35-36-38-40-42-46-48-52-56-60-64-77(82)90-70-75(96-79(84)66-62-58-54-50-44-28-24-20-16-12-8-4)72-94-98(87,88)92-68-73(80)67-91-97(85,86)93-71-74(95-78(83)65-61-57-53-49-43-27-23-19-15-11-7-3)69-89-76(81)63-59-55-51-47-45-41-39-37-34-32-30-26-22-18-14-10-6-2/h9-10,13-14,20-22,24-26,31-34,36,38-39,41,73-75,80H,5-8,11-12,15-19,23,27-30,35,37,40,42-72H2,1-4H3,(H,85,86)(H,87,88)/b13-9-,14-10-,24-20-,25-21-,26-22-,33-31-,34-32-,38-36-,41-39-. The zero-order valence-corrected chi connectivity index (χ0v) is 63.2. The van der Waals surface area contributed by atoms with E-state index in [0.29, 0.717) is 25.7 Å². The maximum absolute atomic E-state index is 13.1. The largest absolute Gasteiger partial charge is 0.472 e. The van der Waals surface area contributed by atoms with E-state index in [1.165, 1.54) is 51.4 Å². The van der Waals surface area contributed by atoms with Crippen LogP contribution in [0, 0.1) is 0 Å². The van der Waals surface area contributed by atoms with Crippen molar-refractivity contribution >= 4 is 39.5 Å². The minimum absolute atomic E-state index is 0.0801. The zero-order chi connectivity index (χ0) is 71.8. The van der Waals surface area contributed by atoms with Crippen LogP contribution in [0.25, 0.3) is 0 Å². The highest BCUT2D eigenvalue weighted by Gasteiger charge is 2.30. The Labute approximate surface area is 594 Å². The quantitative estimate of drug-likeness (QED) is 0.0169. The molecule has 0 bridgehead atoms. The van der Waals surface area contributed by atoms with Crippen molar-refractivity contribution < 1.29 is 80.2 Å². The van der Waals surface area contributed by atoms with Gasteiger partial charge in [-0.1, -0.05) is 272 Å². The van der Waals surface area contributed by atoms with Gasteiger partial charge in [-0.3, -0.25) is 37.3 Å². The fourth-order valence-corrected chi connectivity index (χ4v) is 11.5. The lowest BCUT2D eigenvalue weighted by atomic mass is 10.1. The topological polar surface area (TPSA) is 237 Å². The molecular formula is C79H136O17P2. The van der Waals surface area contributed by atoms with Gasteiger partial charge in [0.1, 0.15) is 19.3 Å². The SMILES string of the molecule is CC/C=C\C/C=C\C/C=C\C/C=C\CCCCCCCCC(=O)OCC(COP(=O)(O)OCC(O)COP(=O)(O)OCC(COC(=O)CCCCCC/C=C\C/C=C\C/C=C\C/C=C\CC)OC(=O)CCCCCCCCCCCCC)OC(=O)CCCCCCC/C=C\CCCC. The maximum Gasteiger partial charge on any atom is 0.472 e. The van der Waals surface area contributed by atoms with Crippen LogP contribution in [0.2, 0.25) is 0 Å². The van der Waals surface area contributed by atoms with E-state index in [1.54, 1.807) is 0 Å². The maximum atomic E-state index is 13.1. The first-order valence-corrected chi connectivity index (χ1v) is 41.1. The first-order chi connectivity index (χ1) is 47.7. The second-order valence-electron chi connectivity index (χ2n) is 25.2. The lowest BCUT2D eigenvalue weighted by Gasteiger charge is -2.21. The van der Waals surface area contributed by atoms with E-state index >= 15 is 0 Å². The van der Waals surface area contributed by atoms with Gasteiger partial charge in [0.2, 0.25) is 0 Å². The molecule has 3 N–H and O–H groups in total. The Morgan fingerprint density at radius 1 is 0.296 bits per heavy atom. The van der Waals surface area contributed by atoms with Gasteiger partial charge in [-0.15, -0.1) is 0 Å². The second kappa shape index (κ2) is 71.1. The molecule has 0 aliphatic carbocycles. The molecule has 0 aliphatic heterocycles. The average molecular weight is 1420 g/mol. The summed E-state index contributed by atoms with van der Waals surface area (Å²) < 4.78 is 68.4. The molecule has 0 aliphatic rings. The molecule has 98 heavy (non-hydrogen) atoms. The van der Waals surface area contributed by atoms with Crippen molar-refractivity contribution in [3.8, 4) is 0 Å². The highest BCUT2D eigenvalue weighted by Crippen LogP contribution is 2.45. The molecule has 17 nitrogen and oxygen atoms in total. The number of carbonyl (C=O) groups is 4. The van der Waals surface area contributed by atoms with Crippen LogP contribution in [0.5, 0.6) is 0 Å². The number of hydrogen-bond acceptors (Lipinski definition) is 15. The van der Waals surface area contributed by atoms with Gasteiger partial charge < -0.3 is 33.8 Å². The van der Waals surface area contributed by atoms with Gasteiger partial charge in [0.15, 0.2) is 12.2 Å². The monoisotopic (exact) mass is 1420 g/mol. The number of allylic oxidation sites excluding steroid dienone is 18. The highest BCUT2D eigenvalue weighted by atomic mass is 31.2. The third kappa shape index (κ3) is 70.2. The predicted molar refractivity (Wildman–Crippen MR) is 399 cm³/mol. The third-order valence-corrected chi connectivity index (χ3v) is 17.6. The fourth-order valence-electron chi connectivity index (χ4n) is 9.95. The van der Waals surface area contributed by atoms with Crippen LogP contribution < -0.4 is 0 Å². The van der Waals surface area contributed by atoms with Crippen molar-refractivity contribution in [3.63, 3.8) is 0 Å². The molecule has 19 heteroatoms. The Bertz CT molecular complexity index is 2290. The molecular weight excluding hydrogens is 1280 g/mol. The van der Waals surface area contributed by atoms with Gasteiger partial charge in [0.05, 0.1) is 26.4 Å². The number of unbranched alkanes of at least 4 members (excludes halogenated alkanes) is 27. The Kier molecular flexibility index (Phi) is 68.0. The Morgan fingerprint density at radius 2 is 0.541 bits per heavy atom. The second-order valence-corrected chi connectivity index (χ2v) is 28.1. The summed E-state index contributed by atoms with van der Waals surface area (Å²) in [5.41, 5.74) is 0. The average Bonchev–Trinajstić information content (AvgIpc) is 1.03. The van der Waals surface area contributed by atoms with Gasteiger partial charge in [-0.2, -0.15) is 0 Å². The number of phosphoric acid groups is 2. The van der Waals surface area contributed by atoms with Crippen LogP contribution >= 0.6 is 15.6 Å². The Morgan fingerprint density at radius 3 is 0.857 bits per heavy atom. The van der Waals surface area contributed by atoms with Gasteiger partial charge in [0.25, 0.3) is 0 Å². The molecule has 0 aromatic carbocycles.